The van der Waals surface area contributed by atoms with E-state index >= 15 is 0 Å². The number of ether oxygens (including phenoxy) is 1. The molecule has 26 heavy (non-hydrogen) atoms. The van der Waals surface area contributed by atoms with Gasteiger partial charge in [0.2, 0.25) is 0 Å². The molecule has 2 aromatic carbocycles. The van der Waals surface area contributed by atoms with Crippen LogP contribution in [0.3, 0.4) is 0 Å². The normalized spacial score (nSPS) is 16.2. The molecule has 3 aromatic rings. The van der Waals surface area contributed by atoms with E-state index in [0.29, 0.717) is 30.1 Å². The predicted molar refractivity (Wildman–Crippen MR) is 95.3 cm³/mol. The lowest BCUT2D eigenvalue weighted by Crippen LogP contribution is -2.23. The number of aryl methyl sites for hydroxylation is 1. The Bertz CT molecular complexity index is 953. The highest BCUT2D eigenvalue weighted by molar-refractivity contribution is 6.03. The van der Waals surface area contributed by atoms with E-state index in [1.165, 1.54) is 12.1 Å². The minimum absolute atomic E-state index is 0.0615. The van der Waals surface area contributed by atoms with Crippen LogP contribution in [0.2, 0.25) is 0 Å². The molecule has 1 aromatic heterocycles. The van der Waals surface area contributed by atoms with E-state index < -0.39 is 0 Å². The largest absolute Gasteiger partial charge is 0.365 e. The lowest BCUT2D eigenvalue weighted by Gasteiger charge is -2.25. The number of rotatable bonds is 3. The molecule has 0 bridgehead atoms. The molecule has 1 aliphatic heterocycles. The maximum absolute atomic E-state index is 13.4. The van der Waals surface area contributed by atoms with E-state index in [4.69, 9.17) is 4.74 Å². The van der Waals surface area contributed by atoms with Crippen LogP contribution in [0.25, 0.3) is 0 Å². The molecule has 0 radical (unpaired) electrons. The van der Waals surface area contributed by atoms with Gasteiger partial charge in [0.05, 0.1) is 25.2 Å². The van der Waals surface area contributed by atoms with Crippen molar-refractivity contribution in [3.63, 3.8) is 0 Å². The number of anilines is 1. The second-order valence-corrected chi connectivity index (χ2v) is 6.32. The fourth-order valence-corrected chi connectivity index (χ4v) is 3.10. The fourth-order valence-electron chi connectivity index (χ4n) is 3.10. The van der Waals surface area contributed by atoms with Crippen molar-refractivity contribution in [2.75, 3.05) is 5.32 Å². The van der Waals surface area contributed by atoms with Crippen molar-refractivity contribution in [2.45, 2.75) is 26.2 Å². The van der Waals surface area contributed by atoms with Crippen LogP contribution in [0.5, 0.6) is 0 Å². The highest BCUT2D eigenvalue weighted by atomic mass is 19.1. The first-order chi connectivity index (χ1) is 12.6. The summed E-state index contributed by atoms with van der Waals surface area (Å²) in [5, 5.41) is 2.77. The van der Waals surface area contributed by atoms with Crippen molar-refractivity contribution in [1.82, 2.24) is 9.55 Å². The first kappa shape index (κ1) is 16.5. The molecule has 1 aliphatic rings. The predicted octanol–water partition coefficient (Wildman–Crippen LogP) is 3.85. The van der Waals surface area contributed by atoms with Crippen molar-refractivity contribution < 1.29 is 13.9 Å². The molecule has 0 fully saturated rings. The first-order valence-corrected chi connectivity index (χ1v) is 8.40. The Labute approximate surface area is 150 Å². The molecule has 2 heterocycles. The number of nitrogens with one attached hydrogen (secondary N) is 1. The van der Waals surface area contributed by atoms with E-state index in [9.17, 15) is 9.18 Å². The molecule has 1 amide bonds. The minimum atomic E-state index is -0.327. The summed E-state index contributed by atoms with van der Waals surface area (Å²) < 4.78 is 21.3. The fraction of sp³-hybridized carbons (Fsp3) is 0.200. The van der Waals surface area contributed by atoms with Gasteiger partial charge >= 0.3 is 0 Å². The average molecular weight is 351 g/mol. The molecule has 132 valence electrons. The summed E-state index contributed by atoms with van der Waals surface area (Å²) in [6.45, 7) is 2.57. The summed E-state index contributed by atoms with van der Waals surface area (Å²) in [7, 11) is 0. The third kappa shape index (κ3) is 3.11. The smallest absolute Gasteiger partial charge is 0.276 e. The zero-order valence-electron chi connectivity index (χ0n) is 14.3. The highest BCUT2D eigenvalue weighted by Gasteiger charge is 2.26. The van der Waals surface area contributed by atoms with Gasteiger partial charge in [-0.25, -0.2) is 9.37 Å². The summed E-state index contributed by atoms with van der Waals surface area (Å²) in [4.78, 5) is 16.8. The topological polar surface area (TPSA) is 56.2 Å². The average Bonchev–Trinajstić information content (AvgIpc) is 3.09. The third-order valence-electron chi connectivity index (χ3n) is 4.53. The molecule has 1 atom stereocenters. The maximum atomic E-state index is 13.4. The van der Waals surface area contributed by atoms with Crippen LogP contribution in [-0.2, 0) is 17.9 Å². The number of aromatic nitrogens is 2. The van der Waals surface area contributed by atoms with Crippen molar-refractivity contribution >= 4 is 11.6 Å². The van der Waals surface area contributed by atoms with Crippen LogP contribution in [-0.4, -0.2) is 15.5 Å². The molecule has 0 aliphatic carbocycles. The Balaban J connectivity index is 1.52. The Kier molecular flexibility index (Phi) is 4.26. The summed E-state index contributed by atoms with van der Waals surface area (Å²) in [6.07, 6.45) is 1.60. The van der Waals surface area contributed by atoms with Crippen LogP contribution < -0.4 is 5.32 Å². The maximum Gasteiger partial charge on any atom is 0.276 e. The van der Waals surface area contributed by atoms with Crippen molar-refractivity contribution in [3.05, 3.63) is 83.2 Å². The Morgan fingerprint density at radius 1 is 1.27 bits per heavy atom. The van der Waals surface area contributed by atoms with Gasteiger partial charge in [-0.05, 0) is 36.2 Å². The number of imidazole rings is 1. The number of hydrogen-bond acceptors (Lipinski definition) is 3. The summed E-state index contributed by atoms with van der Waals surface area (Å²) in [5.41, 5.74) is 3.19. The molecule has 1 N–H and O–H groups in total. The number of amides is 1. The molecule has 5 nitrogen and oxygen atoms in total. The number of benzene rings is 2. The van der Waals surface area contributed by atoms with Gasteiger partial charge in [-0.15, -0.1) is 0 Å². The summed E-state index contributed by atoms with van der Waals surface area (Å²) in [6, 6.07) is 14.4. The summed E-state index contributed by atoms with van der Waals surface area (Å²) in [5.74, 6) is -0.630. The Morgan fingerprint density at radius 2 is 2.08 bits per heavy atom. The number of carbonyl (C=O) groups is 1. The Morgan fingerprint density at radius 3 is 2.85 bits per heavy atom. The molecular formula is C20H18FN3O2. The van der Waals surface area contributed by atoms with Crippen LogP contribution in [0.15, 0.2) is 54.9 Å². The number of halogens is 1. The van der Waals surface area contributed by atoms with Crippen molar-refractivity contribution in [2.24, 2.45) is 0 Å². The number of carbonyl (C=O) groups excluding carboxylic acids is 1. The van der Waals surface area contributed by atoms with Gasteiger partial charge in [0.25, 0.3) is 5.91 Å². The zero-order chi connectivity index (χ0) is 18.1. The molecule has 6 heteroatoms. The van der Waals surface area contributed by atoms with E-state index in [1.54, 1.807) is 19.3 Å². The lowest BCUT2D eigenvalue weighted by atomic mass is 10.1. The van der Waals surface area contributed by atoms with Gasteiger partial charge < -0.3 is 14.6 Å². The second kappa shape index (κ2) is 6.72. The number of fused-ring (bicyclic) bond motifs is 1. The molecule has 4 rings (SSSR count). The van der Waals surface area contributed by atoms with Crippen molar-refractivity contribution in [1.29, 1.82) is 0 Å². The van der Waals surface area contributed by atoms with Gasteiger partial charge in [-0.2, -0.15) is 0 Å². The quantitative estimate of drug-likeness (QED) is 0.780. The minimum Gasteiger partial charge on any atom is -0.365 e. The zero-order valence-corrected chi connectivity index (χ0v) is 14.3. The first-order valence-electron chi connectivity index (χ1n) is 8.40. The van der Waals surface area contributed by atoms with Gasteiger partial charge in [-0.1, -0.05) is 30.3 Å². The van der Waals surface area contributed by atoms with Crippen LogP contribution in [0.4, 0.5) is 10.1 Å². The van der Waals surface area contributed by atoms with Crippen LogP contribution >= 0.6 is 0 Å². The van der Waals surface area contributed by atoms with Gasteiger partial charge in [0.1, 0.15) is 11.9 Å². The van der Waals surface area contributed by atoms with E-state index in [1.807, 2.05) is 34.9 Å². The SMILES string of the molecule is Cc1cc(NC(=O)c2ncn3c2COC(c2ccccc2)C3)ccc1F. The van der Waals surface area contributed by atoms with Gasteiger partial charge in [0, 0.05) is 5.69 Å². The number of hydrogen-bond donors (Lipinski definition) is 1. The second-order valence-electron chi connectivity index (χ2n) is 6.32. The van der Waals surface area contributed by atoms with E-state index in [-0.39, 0.29) is 17.8 Å². The number of nitrogens with zero attached hydrogens (tertiary/aromatic N) is 2. The van der Waals surface area contributed by atoms with Crippen LogP contribution in [0.1, 0.15) is 33.4 Å². The van der Waals surface area contributed by atoms with E-state index in [0.717, 1.165) is 11.3 Å². The molecule has 0 saturated heterocycles. The highest BCUT2D eigenvalue weighted by Crippen LogP contribution is 2.28. The summed E-state index contributed by atoms with van der Waals surface area (Å²) >= 11 is 0. The van der Waals surface area contributed by atoms with Crippen molar-refractivity contribution in [3.8, 4) is 0 Å². The lowest BCUT2D eigenvalue weighted by molar-refractivity contribution is 0.00265. The molecule has 0 saturated carbocycles. The van der Waals surface area contributed by atoms with Crippen LogP contribution in [0, 0.1) is 12.7 Å². The van der Waals surface area contributed by atoms with Gasteiger partial charge in [0.15, 0.2) is 5.69 Å². The third-order valence-corrected chi connectivity index (χ3v) is 4.53. The standard InChI is InChI=1S/C20H18FN3O2/c1-13-9-15(7-8-16(13)21)23-20(25)19-17-11-26-18(10-24(17)12-22-19)14-5-3-2-4-6-14/h2-9,12,18H,10-11H2,1H3,(H,23,25). The molecular weight excluding hydrogens is 333 g/mol. The monoisotopic (exact) mass is 351 g/mol. The molecule has 1 unspecified atom stereocenters. The van der Waals surface area contributed by atoms with E-state index in [2.05, 4.69) is 10.3 Å². The molecule has 0 spiro atoms. The Hall–Kier alpha value is -2.99. The van der Waals surface area contributed by atoms with Gasteiger partial charge in [-0.3, -0.25) is 4.79 Å².